The van der Waals surface area contributed by atoms with E-state index in [1.807, 2.05) is 6.92 Å². The number of halogens is 1. The Hall–Kier alpha value is -1.33. The molecule has 6 heteroatoms. The molecule has 0 aliphatic carbocycles. The molecule has 0 aliphatic heterocycles. The zero-order chi connectivity index (χ0) is 12.8. The molecule has 0 aromatic heterocycles. The van der Waals surface area contributed by atoms with Gasteiger partial charge in [0, 0.05) is 24.2 Å². The van der Waals surface area contributed by atoms with Gasteiger partial charge < -0.3 is 10.4 Å². The summed E-state index contributed by atoms with van der Waals surface area (Å²) in [5, 5.41) is 23.0. The van der Waals surface area contributed by atoms with Crippen molar-refractivity contribution in [2.75, 3.05) is 18.5 Å². The van der Waals surface area contributed by atoms with Crippen molar-refractivity contribution in [1.29, 1.82) is 0 Å². The van der Waals surface area contributed by atoms with Gasteiger partial charge in [-0.3, -0.25) is 10.1 Å². The van der Waals surface area contributed by atoms with Gasteiger partial charge in [-0.2, -0.15) is 0 Å². The molecule has 1 rings (SSSR count). The quantitative estimate of drug-likeness (QED) is 0.608. The number of nitro benzene ring substituents is 1. The first-order valence-electron chi connectivity index (χ1n) is 5.33. The largest absolute Gasteiger partial charge is 0.396 e. The minimum atomic E-state index is -0.449. The molecule has 0 amide bonds. The fraction of sp³-hybridized carbons (Fsp3) is 0.455. The number of nitrogens with zero attached hydrogens (tertiary/aromatic N) is 1. The molecule has 0 spiro atoms. The molecular weight excluding hydrogens is 244 g/mol. The number of nitro groups is 1. The van der Waals surface area contributed by atoms with Gasteiger partial charge in [0.05, 0.1) is 4.92 Å². The van der Waals surface area contributed by atoms with Gasteiger partial charge in [0.15, 0.2) is 0 Å². The Labute approximate surface area is 105 Å². The van der Waals surface area contributed by atoms with Crippen LogP contribution in [0.4, 0.5) is 11.4 Å². The smallest absolute Gasteiger partial charge is 0.292 e. The number of hydrogen-bond donors (Lipinski definition) is 2. The van der Waals surface area contributed by atoms with E-state index in [-0.39, 0.29) is 18.2 Å². The van der Waals surface area contributed by atoms with E-state index in [0.717, 1.165) is 0 Å². The fourth-order valence-electron chi connectivity index (χ4n) is 1.42. The molecule has 1 aromatic carbocycles. The van der Waals surface area contributed by atoms with Crippen molar-refractivity contribution in [2.24, 2.45) is 5.92 Å². The maximum absolute atomic E-state index is 10.8. The molecule has 1 aromatic rings. The van der Waals surface area contributed by atoms with Crippen LogP contribution >= 0.6 is 11.6 Å². The van der Waals surface area contributed by atoms with Crippen molar-refractivity contribution in [3.05, 3.63) is 33.3 Å². The maximum Gasteiger partial charge on any atom is 0.292 e. The first-order valence-corrected chi connectivity index (χ1v) is 5.71. The third kappa shape index (κ3) is 4.20. The second-order valence-electron chi connectivity index (χ2n) is 3.92. The lowest BCUT2D eigenvalue weighted by atomic mass is 10.1. The van der Waals surface area contributed by atoms with Crippen LogP contribution in [0.3, 0.4) is 0 Å². The molecule has 1 unspecified atom stereocenters. The van der Waals surface area contributed by atoms with Crippen LogP contribution in [0.1, 0.15) is 13.3 Å². The van der Waals surface area contributed by atoms with Gasteiger partial charge in [-0.1, -0.05) is 18.5 Å². The van der Waals surface area contributed by atoms with E-state index in [4.69, 9.17) is 16.7 Å². The maximum atomic E-state index is 10.8. The average Bonchev–Trinajstić information content (AvgIpc) is 2.26. The van der Waals surface area contributed by atoms with Gasteiger partial charge in [-0.15, -0.1) is 0 Å². The average molecular weight is 259 g/mol. The molecule has 0 saturated carbocycles. The van der Waals surface area contributed by atoms with E-state index >= 15 is 0 Å². The van der Waals surface area contributed by atoms with Crippen molar-refractivity contribution < 1.29 is 10.0 Å². The van der Waals surface area contributed by atoms with Crippen molar-refractivity contribution in [3.8, 4) is 0 Å². The third-order valence-corrected chi connectivity index (χ3v) is 2.65. The Bertz CT molecular complexity index is 398. The van der Waals surface area contributed by atoms with Crippen molar-refractivity contribution in [1.82, 2.24) is 0 Å². The second-order valence-corrected chi connectivity index (χ2v) is 4.35. The topological polar surface area (TPSA) is 75.4 Å². The monoisotopic (exact) mass is 258 g/mol. The number of anilines is 1. The minimum absolute atomic E-state index is 0.00518. The minimum Gasteiger partial charge on any atom is -0.396 e. The van der Waals surface area contributed by atoms with Crippen LogP contribution in [-0.4, -0.2) is 23.2 Å². The van der Waals surface area contributed by atoms with Gasteiger partial charge in [0.1, 0.15) is 5.69 Å². The van der Waals surface area contributed by atoms with Gasteiger partial charge in [0.2, 0.25) is 0 Å². The predicted molar refractivity (Wildman–Crippen MR) is 67.5 cm³/mol. The molecule has 0 aliphatic rings. The number of benzene rings is 1. The molecule has 0 saturated heterocycles. The lowest BCUT2D eigenvalue weighted by molar-refractivity contribution is -0.384. The summed E-state index contributed by atoms with van der Waals surface area (Å²) in [5.74, 6) is 0.235. The Morgan fingerprint density at radius 2 is 2.29 bits per heavy atom. The van der Waals surface area contributed by atoms with Crippen molar-refractivity contribution in [3.63, 3.8) is 0 Å². The summed E-state index contributed by atoms with van der Waals surface area (Å²) in [4.78, 5) is 10.3. The lowest BCUT2D eigenvalue weighted by Crippen LogP contribution is -2.13. The first-order chi connectivity index (χ1) is 8.04. The Morgan fingerprint density at radius 3 is 2.88 bits per heavy atom. The van der Waals surface area contributed by atoms with Crippen LogP contribution in [0.5, 0.6) is 0 Å². The molecule has 1 atom stereocenters. The summed E-state index contributed by atoms with van der Waals surface area (Å²) in [6.45, 7) is 2.63. The van der Waals surface area contributed by atoms with Crippen LogP contribution in [0.25, 0.3) is 0 Å². The first kappa shape index (κ1) is 13.7. The fourth-order valence-corrected chi connectivity index (χ4v) is 1.59. The molecule has 0 bridgehead atoms. The number of hydrogen-bond acceptors (Lipinski definition) is 4. The molecule has 17 heavy (non-hydrogen) atoms. The normalized spacial score (nSPS) is 12.2. The highest BCUT2D eigenvalue weighted by molar-refractivity contribution is 6.31. The van der Waals surface area contributed by atoms with Crippen LogP contribution in [0.2, 0.25) is 5.02 Å². The van der Waals surface area contributed by atoms with E-state index in [9.17, 15) is 10.1 Å². The molecule has 94 valence electrons. The van der Waals surface area contributed by atoms with Gasteiger partial charge in [-0.25, -0.2) is 0 Å². The van der Waals surface area contributed by atoms with E-state index < -0.39 is 4.92 Å². The Morgan fingerprint density at radius 1 is 1.59 bits per heavy atom. The number of aliphatic hydroxyl groups excluding tert-OH is 1. The number of nitrogens with one attached hydrogen (secondary N) is 1. The van der Waals surface area contributed by atoms with Crippen LogP contribution < -0.4 is 5.32 Å². The molecule has 0 fully saturated rings. The summed E-state index contributed by atoms with van der Waals surface area (Å²) in [7, 11) is 0. The van der Waals surface area contributed by atoms with Gasteiger partial charge >= 0.3 is 0 Å². The molecular formula is C11H15ClN2O3. The molecule has 0 heterocycles. The van der Waals surface area contributed by atoms with Crippen LogP contribution in [-0.2, 0) is 0 Å². The zero-order valence-corrected chi connectivity index (χ0v) is 10.3. The van der Waals surface area contributed by atoms with Crippen LogP contribution in [0, 0.1) is 16.0 Å². The van der Waals surface area contributed by atoms with E-state index in [0.29, 0.717) is 23.7 Å². The second kappa shape index (κ2) is 6.42. The van der Waals surface area contributed by atoms with E-state index in [2.05, 4.69) is 5.32 Å². The van der Waals surface area contributed by atoms with E-state index in [1.54, 1.807) is 0 Å². The Balaban J connectivity index is 2.75. The molecule has 0 radical (unpaired) electrons. The highest BCUT2D eigenvalue weighted by Gasteiger charge is 2.14. The van der Waals surface area contributed by atoms with Gasteiger partial charge in [-0.05, 0) is 24.5 Å². The molecule has 2 N–H and O–H groups in total. The summed E-state index contributed by atoms with van der Waals surface area (Å²) in [6, 6.07) is 4.40. The summed E-state index contributed by atoms with van der Waals surface area (Å²) < 4.78 is 0. The highest BCUT2D eigenvalue weighted by Crippen LogP contribution is 2.27. The summed E-state index contributed by atoms with van der Waals surface area (Å²) in [6.07, 6.45) is 0.654. The lowest BCUT2D eigenvalue weighted by Gasteiger charge is -2.12. The van der Waals surface area contributed by atoms with Crippen molar-refractivity contribution >= 4 is 23.0 Å². The summed E-state index contributed by atoms with van der Waals surface area (Å²) in [5.41, 5.74) is 0.415. The van der Waals surface area contributed by atoms with Crippen molar-refractivity contribution in [2.45, 2.75) is 13.3 Å². The molecule has 5 nitrogen and oxygen atoms in total. The summed E-state index contributed by atoms with van der Waals surface area (Å²) >= 11 is 5.80. The highest BCUT2D eigenvalue weighted by atomic mass is 35.5. The van der Waals surface area contributed by atoms with Crippen LogP contribution in [0.15, 0.2) is 18.2 Å². The third-order valence-electron chi connectivity index (χ3n) is 2.42. The van der Waals surface area contributed by atoms with E-state index in [1.165, 1.54) is 18.2 Å². The Kier molecular flexibility index (Phi) is 5.18. The zero-order valence-electron chi connectivity index (χ0n) is 9.52. The standard InChI is InChI=1S/C11H15ClN2O3/c1-8(4-5-15)7-13-10-6-9(12)2-3-11(10)14(16)17/h2-3,6,8,13,15H,4-5,7H2,1H3. The van der Waals surface area contributed by atoms with Gasteiger partial charge in [0.25, 0.3) is 5.69 Å². The predicted octanol–water partition coefficient (Wildman–Crippen LogP) is 2.68. The number of aliphatic hydroxyl groups is 1. The number of rotatable bonds is 6. The SMILES string of the molecule is CC(CCO)CNc1cc(Cl)ccc1[N+](=O)[O-].